The first-order valence-corrected chi connectivity index (χ1v) is 14.6. The number of carbonyl (C=O) groups excluding carboxylic acids is 3. The average Bonchev–Trinajstić information content (AvgIpc) is 3.44. The van der Waals surface area contributed by atoms with Gasteiger partial charge in [0.15, 0.2) is 0 Å². The van der Waals surface area contributed by atoms with Crippen LogP contribution in [0.4, 0.5) is 4.39 Å². The van der Waals surface area contributed by atoms with Gasteiger partial charge in [0.25, 0.3) is 0 Å². The Hall–Kier alpha value is -3.72. The number of fused-ring (bicyclic) bond motifs is 1. The number of halogens is 1. The predicted molar refractivity (Wildman–Crippen MR) is 157 cm³/mol. The SMILES string of the molecule is CC[C@H](C)[C@@H]1NCCOc2ccccc2/C=C\CNC(=O)[C@H](Cc2cccc(F)c2)NC(=O)C2(CCCC2)NC1=O. The summed E-state index contributed by atoms with van der Waals surface area (Å²) in [6, 6.07) is 12.1. The molecule has 1 saturated carbocycles. The predicted octanol–water partition coefficient (Wildman–Crippen LogP) is 3.51. The lowest BCUT2D eigenvalue weighted by Gasteiger charge is -2.34. The van der Waals surface area contributed by atoms with Crippen molar-refractivity contribution in [3.05, 3.63) is 71.6 Å². The van der Waals surface area contributed by atoms with E-state index in [9.17, 15) is 18.8 Å². The van der Waals surface area contributed by atoms with Gasteiger partial charge < -0.3 is 26.0 Å². The summed E-state index contributed by atoms with van der Waals surface area (Å²) in [5, 5.41) is 12.2. The van der Waals surface area contributed by atoms with Gasteiger partial charge in [0, 0.05) is 25.1 Å². The molecule has 9 heteroatoms. The fourth-order valence-electron chi connectivity index (χ4n) is 5.49. The molecule has 0 bridgehead atoms. The minimum atomic E-state index is -1.12. The smallest absolute Gasteiger partial charge is 0.246 e. The second kappa shape index (κ2) is 14.3. The van der Waals surface area contributed by atoms with E-state index in [-0.39, 0.29) is 24.8 Å². The molecule has 4 rings (SSSR count). The number of carbonyl (C=O) groups is 3. The van der Waals surface area contributed by atoms with Gasteiger partial charge >= 0.3 is 0 Å². The summed E-state index contributed by atoms with van der Waals surface area (Å²) in [5.74, 6) is -0.728. The topological polar surface area (TPSA) is 109 Å². The van der Waals surface area contributed by atoms with E-state index in [1.807, 2.05) is 50.3 Å². The second-order valence-corrected chi connectivity index (χ2v) is 11.0. The third kappa shape index (κ3) is 7.94. The molecule has 220 valence electrons. The molecule has 0 saturated heterocycles. The fourth-order valence-corrected chi connectivity index (χ4v) is 5.49. The van der Waals surface area contributed by atoms with Crippen LogP contribution in [0.1, 0.15) is 57.1 Å². The molecule has 4 N–H and O–H groups in total. The van der Waals surface area contributed by atoms with Crippen LogP contribution in [0.3, 0.4) is 0 Å². The first-order valence-electron chi connectivity index (χ1n) is 14.6. The number of amides is 3. The van der Waals surface area contributed by atoms with Crippen LogP contribution in [0, 0.1) is 11.7 Å². The zero-order valence-electron chi connectivity index (χ0n) is 23.9. The van der Waals surface area contributed by atoms with E-state index >= 15 is 0 Å². The molecule has 0 unspecified atom stereocenters. The Labute approximate surface area is 241 Å². The van der Waals surface area contributed by atoms with Gasteiger partial charge in [0.2, 0.25) is 17.7 Å². The summed E-state index contributed by atoms with van der Waals surface area (Å²) >= 11 is 0. The van der Waals surface area contributed by atoms with Crippen LogP contribution in [-0.2, 0) is 20.8 Å². The number of para-hydroxylation sites is 1. The Morgan fingerprint density at radius 1 is 1.05 bits per heavy atom. The number of nitrogens with one attached hydrogen (secondary N) is 4. The van der Waals surface area contributed by atoms with Crippen LogP contribution in [-0.4, -0.2) is 55.0 Å². The Balaban J connectivity index is 1.64. The monoisotopic (exact) mass is 564 g/mol. The molecule has 1 aliphatic heterocycles. The first-order chi connectivity index (χ1) is 19.8. The van der Waals surface area contributed by atoms with Crippen LogP contribution in [0.5, 0.6) is 5.75 Å². The van der Waals surface area contributed by atoms with Crippen LogP contribution < -0.4 is 26.0 Å². The van der Waals surface area contributed by atoms with Crippen LogP contribution in [0.15, 0.2) is 54.6 Å². The lowest BCUT2D eigenvalue weighted by Crippen LogP contribution is -2.64. The first kappa shape index (κ1) is 30.2. The van der Waals surface area contributed by atoms with Crippen molar-refractivity contribution in [1.29, 1.82) is 0 Å². The summed E-state index contributed by atoms with van der Waals surface area (Å²) in [6.45, 7) is 5.06. The van der Waals surface area contributed by atoms with Gasteiger partial charge in [-0.25, -0.2) is 4.39 Å². The quantitative estimate of drug-likeness (QED) is 0.455. The number of benzene rings is 2. The fraction of sp³-hybridized carbons (Fsp3) is 0.469. The Morgan fingerprint density at radius 3 is 2.59 bits per heavy atom. The number of rotatable bonds is 4. The molecule has 41 heavy (non-hydrogen) atoms. The molecule has 2 aromatic rings. The standard InChI is InChI=1S/C32H41FN4O4/c1-3-22(2)28-30(39)37-32(15-6-7-16-32)31(40)36-26(21-23-10-8-13-25(33)20-23)29(38)35-17-9-12-24-11-4-5-14-27(24)41-19-18-34-28/h4-5,8-14,20,22,26,28,34H,3,6-7,15-19,21H2,1-2H3,(H,35,38)(H,36,40)(H,37,39)/b12-9-/t22-,26-,28-/m0/s1. The van der Waals surface area contributed by atoms with Crippen molar-refractivity contribution in [1.82, 2.24) is 21.3 Å². The van der Waals surface area contributed by atoms with Crippen LogP contribution in [0.25, 0.3) is 6.08 Å². The summed E-state index contributed by atoms with van der Waals surface area (Å²) in [7, 11) is 0. The van der Waals surface area contributed by atoms with Gasteiger partial charge in [-0.3, -0.25) is 14.4 Å². The van der Waals surface area contributed by atoms with Crippen molar-refractivity contribution < 1.29 is 23.5 Å². The Bertz CT molecular complexity index is 1240. The van der Waals surface area contributed by atoms with Gasteiger partial charge in [-0.05, 0) is 42.5 Å². The van der Waals surface area contributed by atoms with Crippen LogP contribution >= 0.6 is 0 Å². The number of ether oxygens (including phenoxy) is 1. The highest BCUT2D eigenvalue weighted by Crippen LogP contribution is 2.31. The van der Waals surface area contributed by atoms with E-state index in [4.69, 9.17) is 4.74 Å². The highest BCUT2D eigenvalue weighted by Gasteiger charge is 2.45. The maximum atomic E-state index is 14.0. The van der Waals surface area contributed by atoms with E-state index in [1.165, 1.54) is 12.1 Å². The molecule has 1 fully saturated rings. The van der Waals surface area contributed by atoms with E-state index in [0.29, 0.717) is 37.3 Å². The van der Waals surface area contributed by atoms with Gasteiger partial charge in [0.05, 0.1) is 6.04 Å². The maximum Gasteiger partial charge on any atom is 0.246 e. The van der Waals surface area contributed by atoms with Crippen molar-refractivity contribution in [2.24, 2.45) is 5.92 Å². The molecule has 0 aromatic heterocycles. The average molecular weight is 565 g/mol. The molecule has 1 spiro atoms. The molecule has 1 aliphatic carbocycles. The van der Waals surface area contributed by atoms with Crippen molar-refractivity contribution in [2.75, 3.05) is 19.7 Å². The van der Waals surface area contributed by atoms with E-state index in [2.05, 4.69) is 21.3 Å². The van der Waals surface area contributed by atoms with Gasteiger partial charge in [0.1, 0.15) is 29.8 Å². The van der Waals surface area contributed by atoms with E-state index in [0.717, 1.165) is 24.8 Å². The van der Waals surface area contributed by atoms with Gasteiger partial charge in [-0.2, -0.15) is 0 Å². The van der Waals surface area contributed by atoms with E-state index in [1.54, 1.807) is 12.1 Å². The minimum absolute atomic E-state index is 0.0174. The van der Waals surface area contributed by atoms with Crippen LogP contribution in [0.2, 0.25) is 0 Å². The van der Waals surface area contributed by atoms with Gasteiger partial charge in [-0.1, -0.05) is 75.6 Å². The molecular weight excluding hydrogens is 523 g/mol. The maximum absolute atomic E-state index is 14.0. The number of hydrogen-bond acceptors (Lipinski definition) is 5. The Kier molecular flexibility index (Phi) is 10.5. The summed E-state index contributed by atoms with van der Waals surface area (Å²) < 4.78 is 20.0. The minimum Gasteiger partial charge on any atom is -0.492 e. The molecule has 3 atom stereocenters. The molecular formula is C32H41FN4O4. The number of hydrogen-bond donors (Lipinski definition) is 4. The largest absolute Gasteiger partial charge is 0.492 e. The third-order valence-electron chi connectivity index (χ3n) is 8.03. The highest BCUT2D eigenvalue weighted by atomic mass is 19.1. The van der Waals surface area contributed by atoms with Crippen molar-refractivity contribution in [2.45, 2.75) is 70.0 Å². The third-order valence-corrected chi connectivity index (χ3v) is 8.03. The normalized spacial score (nSPS) is 23.6. The van der Waals surface area contributed by atoms with Crippen molar-refractivity contribution in [3.8, 4) is 5.75 Å². The van der Waals surface area contributed by atoms with Gasteiger partial charge in [-0.15, -0.1) is 0 Å². The highest BCUT2D eigenvalue weighted by molar-refractivity contribution is 5.96. The Morgan fingerprint density at radius 2 is 1.83 bits per heavy atom. The second-order valence-electron chi connectivity index (χ2n) is 11.0. The van der Waals surface area contributed by atoms with Crippen molar-refractivity contribution >= 4 is 23.8 Å². The van der Waals surface area contributed by atoms with Crippen molar-refractivity contribution in [3.63, 3.8) is 0 Å². The molecule has 0 radical (unpaired) electrons. The zero-order valence-corrected chi connectivity index (χ0v) is 23.9. The van der Waals surface area contributed by atoms with E-state index < -0.39 is 35.3 Å². The summed E-state index contributed by atoms with van der Waals surface area (Å²) in [5.41, 5.74) is 0.317. The summed E-state index contributed by atoms with van der Waals surface area (Å²) in [6.07, 6.45) is 7.10. The molecule has 3 amide bonds. The zero-order chi connectivity index (χ0) is 29.2. The lowest BCUT2D eigenvalue weighted by molar-refractivity contribution is -0.137. The molecule has 2 aliphatic rings. The molecule has 1 heterocycles. The molecule has 8 nitrogen and oxygen atoms in total. The summed E-state index contributed by atoms with van der Waals surface area (Å²) in [4.78, 5) is 40.9. The lowest BCUT2D eigenvalue weighted by atomic mass is 9.92. The molecule has 2 aromatic carbocycles.